The number of rotatable bonds is 10. The Bertz CT molecular complexity index is 921. The molecule has 2 aliphatic rings. The summed E-state index contributed by atoms with van der Waals surface area (Å²) < 4.78 is 0. The Kier molecular flexibility index (Phi) is 8.28. The molecule has 178 valence electrons. The van der Waals surface area contributed by atoms with E-state index in [0.29, 0.717) is 24.6 Å². The standard InChI is InChI=1S/C24H34N6O2S/c1-2-28(17-19-9-4-3-5-10-19)14-8-13-25-22(32)20-11-6-15-29(18-20)23-26-27-24(33-23)30-16-7-12-21(30)31/h3-5,9-10,20H,2,6-8,11-18H2,1H3,(H,25,32). The molecule has 2 saturated heterocycles. The van der Waals surface area contributed by atoms with Gasteiger partial charge in [-0.1, -0.05) is 48.6 Å². The van der Waals surface area contributed by atoms with Crippen LogP contribution in [0.4, 0.5) is 10.3 Å². The Hall–Kier alpha value is -2.52. The van der Waals surface area contributed by atoms with Crippen LogP contribution in [0.1, 0.15) is 44.6 Å². The number of amides is 2. The van der Waals surface area contributed by atoms with Crippen LogP contribution in [0.2, 0.25) is 0 Å². The number of benzene rings is 1. The highest BCUT2D eigenvalue weighted by Gasteiger charge is 2.30. The first-order chi connectivity index (χ1) is 16.1. The van der Waals surface area contributed by atoms with Gasteiger partial charge in [0.15, 0.2) is 0 Å². The van der Waals surface area contributed by atoms with Crippen LogP contribution in [0.3, 0.4) is 0 Å². The summed E-state index contributed by atoms with van der Waals surface area (Å²) in [5, 5.41) is 13.2. The summed E-state index contributed by atoms with van der Waals surface area (Å²) in [5.74, 6) is 0.218. The first-order valence-corrected chi connectivity index (χ1v) is 12.9. The third-order valence-electron chi connectivity index (χ3n) is 6.42. The zero-order valence-electron chi connectivity index (χ0n) is 19.4. The third-order valence-corrected chi connectivity index (χ3v) is 7.42. The highest BCUT2D eigenvalue weighted by atomic mass is 32.1. The molecule has 2 aromatic rings. The molecule has 3 heterocycles. The quantitative estimate of drug-likeness (QED) is 0.538. The molecule has 2 amide bonds. The van der Waals surface area contributed by atoms with Gasteiger partial charge in [0, 0.05) is 45.7 Å². The van der Waals surface area contributed by atoms with Gasteiger partial charge in [-0.2, -0.15) is 0 Å². The number of piperidine rings is 1. The summed E-state index contributed by atoms with van der Waals surface area (Å²) in [5.41, 5.74) is 1.32. The minimum atomic E-state index is -0.0360. The minimum Gasteiger partial charge on any atom is -0.356 e. The monoisotopic (exact) mass is 470 g/mol. The molecule has 2 aliphatic heterocycles. The Morgan fingerprint density at radius 2 is 2.00 bits per heavy atom. The fourth-order valence-corrected chi connectivity index (χ4v) is 5.43. The van der Waals surface area contributed by atoms with Gasteiger partial charge in [-0.15, -0.1) is 10.2 Å². The van der Waals surface area contributed by atoms with E-state index in [1.165, 1.54) is 16.9 Å². The van der Waals surface area contributed by atoms with E-state index < -0.39 is 0 Å². The summed E-state index contributed by atoms with van der Waals surface area (Å²) in [6.07, 6.45) is 4.25. The number of anilines is 2. The molecule has 33 heavy (non-hydrogen) atoms. The molecule has 8 nitrogen and oxygen atoms in total. The highest BCUT2D eigenvalue weighted by Crippen LogP contribution is 2.32. The zero-order chi connectivity index (χ0) is 23.0. The van der Waals surface area contributed by atoms with Crippen molar-refractivity contribution in [2.75, 3.05) is 49.1 Å². The lowest BCUT2D eigenvalue weighted by Gasteiger charge is -2.31. The average Bonchev–Trinajstić information content (AvgIpc) is 3.50. The topological polar surface area (TPSA) is 81.7 Å². The van der Waals surface area contributed by atoms with E-state index in [-0.39, 0.29) is 17.7 Å². The molecule has 0 bridgehead atoms. The van der Waals surface area contributed by atoms with E-state index in [1.807, 2.05) is 6.07 Å². The average molecular weight is 471 g/mol. The van der Waals surface area contributed by atoms with Crippen molar-refractivity contribution in [3.05, 3.63) is 35.9 Å². The molecule has 1 aromatic heterocycles. The van der Waals surface area contributed by atoms with E-state index in [9.17, 15) is 9.59 Å². The van der Waals surface area contributed by atoms with Crippen LogP contribution >= 0.6 is 11.3 Å². The SMILES string of the molecule is CCN(CCCNC(=O)C1CCCN(c2nnc(N3CCCC3=O)s2)C1)Cc1ccccc1. The van der Waals surface area contributed by atoms with E-state index in [2.05, 4.69) is 56.5 Å². The minimum absolute atomic E-state index is 0.0360. The van der Waals surface area contributed by atoms with Gasteiger partial charge in [0.05, 0.1) is 5.92 Å². The molecular weight excluding hydrogens is 436 g/mol. The normalized spacial score (nSPS) is 18.8. The van der Waals surface area contributed by atoms with Crippen molar-refractivity contribution in [1.82, 2.24) is 20.4 Å². The highest BCUT2D eigenvalue weighted by molar-refractivity contribution is 7.19. The molecule has 1 N–H and O–H groups in total. The molecule has 9 heteroatoms. The molecule has 0 spiro atoms. The van der Waals surface area contributed by atoms with Crippen LogP contribution in [-0.2, 0) is 16.1 Å². The Morgan fingerprint density at radius 3 is 2.76 bits per heavy atom. The van der Waals surface area contributed by atoms with Crippen LogP contribution < -0.4 is 15.1 Å². The van der Waals surface area contributed by atoms with Gasteiger partial charge in [-0.25, -0.2) is 0 Å². The lowest BCUT2D eigenvalue weighted by atomic mass is 9.97. The third kappa shape index (κ3) is 6.29. The van der Waals surface area contributed by atoms with Crippen LogP contribution in [0, 0.1) is 5.92 Å². The van der Waals surface area contributed by atoms with Crippen LogP contribution in [-0.4, -0.2) is 66.2 Å². The fraction of sp³-hybridized carbons (Fsp3) is 0.583. The lowest BCUT2D eigenvalue weighted by molar-refractivity contribution is -0.125. The molecule has 0 saturated carbocycles. The summed E-state index contributed by atoms with van der Waals surface area (Å²) in [6, 6.07) is 10.5. The predicted octanol–water partition coefficient (Wildman–Crippen LogP) is 2.91. The molecule has 0 aliphatic carbocycles. The second kappa shape index (κ2) is 11.6. The molecular formula is C24H34N6O2S. The van der Waals surface area contributed by atoms with Gasteiger partial charge in [-0.3, -0.25) is 19.4 Å². The van der Waals surface area contributed by atoms with Crippen molar-refractivity contribution in [3.8, 4) is 0 Å². The number of nitrogens with zero attached hydrogens (tertiary/aromatic N) is 5. The lowest BCUT2D eigenvalue weighted by Crippen LogP contribution is -2.43. The van der Waals surface area contributed by atoms with Crippen molar-refractivity contribution in [3.63, 3.8) is 0 Å². The zero-order valence-corrected chi connectivity index (χ0v) is 20.2. The van der Waals surface area contributed by atoms with E-state index in [0.717, 1.165) is 63.5 Å². The molecule has 1 aromatic carbocycles. The van der Waals surface area contributed by atoms with Gasteiger partial charge < -0.3 is 10.2 Å². The van der Waals surface area contributed by atoms with E-state index in [4.69, 9.17) is 0 Å². The molecule has 2 fully saturated rings. The first-order valence-electron chi connectivity index (χ1n) is 12.1. The van der Waals surface area contributed by atoms with Crippen molar-refractivity contribution in [2.24, 2.45) is 5.92 Å². The second-order valence-electron chi connectivity index (χ2n) is 8.80. The summed E-state index contributed by atoms with van der Waals surface area (Å²) >= 11 is 1.45. The first kappa shape index (κ1) is 23.6. The molecule has 4 rings (SSSR count). The van der Waals surface area contributed by atoms with Gasteiger partial charge in [0.1, 0.15) is 0 Å². The van der Waals surface area contributed by atoms with Gasteiger partial charge in [-0.05, 0) is 37.8 Å². The Balaban J connectivity index is 1.21. The van der Waals surface area contributed by atoms with Gasteiger partial charge in [0.25, 0.3) is 0 Å². The summed E-state index contributed by atoms with van der Waals surface area (Å²) in [7, 11) is 0. The largest absolute Gasteiger partial charge is 0.356 e. The molecule has 0 radical (unpaired) electrons. The Morgan fingerprint density at radius 1 is 1.18 bits per heavy atom. The molecule has 1 atom stereocenters. The number of carbonyl (C=O) groups is 2. The van der Waals surface area contributed by atoms with Crippen molar-refractivity contribution >= 4 is 33.4 Å². The smallest absolute Gasteiger partial charge is 0.228 e. The number of carbonyl (C=O) groups excluding carboxylic acids is 2. The van der Waals surface area contributed by atoms with Gasteiger partial charge >= 0.3 is 0 Å². The fourth-order valence-electron chi connectivity index (χ4n) is 4.51. The van der Waals surface area contributed by atoms with Crippen LogP contribution in [0.5, 0.6) is 0 Å². The molecule has 1 unspecified atom stereocenters. The van der Waals surface area contributed by atoms with Crippen LogP contribution in [0.25, 0.3) is 0 Å². The Labute approximate surface area is 200 Å². The number of hydrogen-bond acceptors (Lipinski definition) is 7. The second-order valence-corrected chi connectivity index (χ2v) is 9.73. The van der Waals surface area contributed by atoms with E-state index in [1.54, 1.807) is 4.90 Å². The number of hydrogen-bond donors (Lipinski definition) is 1. The maximum absolute atomic E-state index is 12.8. The summed E-state index contributed by atoms with van der Waals surface area (Å²) in [4.78, 5) is 31.1. The van der Waals surface area contributed by atoms with Crippen LogP contribution in [0.15, 0.2) is 30.3 Å². The summed E-state index contributed by atoms with van der Waals surface area (Å²) in [6.45, 7) is 8.02. The van der Waals surface area contributed by atoms with Gasteiger partial charge in [0.2, 0.25) is 22.1 Å². The van der Waals surface area contributed by atoms with E-state index >= 15 is 0 Å². The predicted molar refractivity (Wildman–Crippen MR) is 131 cm³/mol. The number of aromatic nitrogens is 2. The van der Waals surface area contributed by atoms with Crippen molar-refractivity contribution in [2.45, 2.75) is 45.6 Å². The maximum Gasteiger partial charge on any atom is 0.228 e. The number of nitrogens with one attached hydrogen (secondary N) is 1. The van der Waals surface area contributed by atoms with Crippen molar-refractivity contribution in [1.29, 1.82) is 0 Å². The van der Waals surface area contributed by atoms with Crippen molar-refractivity contribution < 1.29 is 9.59 Å². The maximum atomic E-state index is 12.8.